The standard InChI is InChI=1S/C28H29N3O4S/c1-2-3-6-23(29-22-16-14-20(15-17-22)24(32)7-4-9-26(33)34)19-10-12-21(13-11-19)27-30-28(35-31-27)25-8-5-18-36-25/h5,8,10-18,23,29H,2-4,6-7,9H2,1H3,(H,33,34). The number of benzene rings is 2. The highest BCUT2D eigenvalue weighted by atomic mass is 32.1. The van der Waals surface area contributed by atoms with Crippen LogP contribution in [-0.2, 0) is 4.79 Å². The molecule has 2 heterocycles. The minimum atomic E-state index is -0.881. The van der Waals surface area contributed by atoms with Crippen molar-refractivity contribution in [3.63, 3.8) is 0 Å². The van der Waals surface area contributed by atoms with E-state index in [4.69, 9.17) is 9.63 Å². The second-order valence-corrected chi connectivity index (χ2v) is 9.56. The molecule has 0 aliphatic carbocycles. The molecule has 2 N–H and O–H groups in total. The van der Waals surface area contributed by atoms with Crippen molar-refractivity contribution in [2.24, 2.45) is 0 Å². The number of nitrogens with one attached hydrogen (secondary N) is 1. The van der Waals surface area contributed by atoms with Crippen molar-refractivity contribution in [3.05, 3.63) is 77.2 Å². The lowest BCUT2D eigenvalue weighted by Crippen LogP contribution is -2.11. The quantitative estimate of drug-likeness (QED) is 0.185. The van der Waals surface area contributed by atoms with Crippen LogP contribution in [0.15, 0.2) is 70.6 Å². The fraction of sp³-hybridized carbons (Fsp3) is 0.286. The summed E-state index contributed by atoms with van der Waals surface area (Å²) in [5.41, 5.74) is 3.58. The number of aliphatic carboxylic acids is 1. The van der Waals surface area contributed by atoms with E-state index in [0.717, 1.165) is 41.0 Å². The van der Waals surface area contributed by atoms with Gasteiger partial charge in [-0.25, -0.2) is 0 Å². The summed E-state index contributed by atoms with van der Waals surface area (Å²) in [4.78, 5) is 28.4. The lowest BCUT2D eigenvalue weighted by Gasteiger charge is -2.21. The first-order chi connectivity index (χ1) is 17.5. The second kappa shape index (κ2) is 12.3. The van der Waals surface area contributed by atoms with Gasteiger partial charge in [-0.15, -0.1) is 11.3 Å². The largest absolute Gasteiger partial charge is 0.481 e. The van der Waals surface area contributed by atoms with Crippen LogP contribution in [0.5, 0.6) is 0 Å². The molecule has 4 aromatic rings. The predicted molar refractivity (Wildman–Crippen MR) is 141 cm³/mol. The van der Waals surface area contributed by atoms with Gasteiger partial charge in [0.15, 0.2) is 5.78 Å². The summed E-state index contributed by atoms with van der Waals surface area (Å²) < 4.78 is 5.42. The molecule has 0 saturated carbocycles. The Morgan fingerprint density at radius 1 is 1.03 bits per heavy atom. The molecule has 2 aromatic heterocycles. The van der Waals surface area contributed by atoms with E-state index < -0.39 is 5.97 Å². The Labute approximate surface area is 214 Å². The molecular formula is C28H29N3O4S. The Morgan fingerprint density at radius 3 is 2.47 bits per heavy atom. The van der Waals surface area contributed by atoms with Crippen LogP contribution < -0.4 is 5.32 Å². The number of thiophene rings is 1. The highest BCUT2D eigenvalue weighted by Gasteiger charge is 2.15. The number of anilines is 1. The van der Waals surface area contributed by atoms with Crippen molar-refractivity contribution in [1.29, 1.82) is 0 Å². The van der Waals surface area contributed by atoms with Gasteiger partial charge in [-0.2, -0.15) is 4.98 Å². The Hall–Kier alpha value is -3.78. The molecule has 36 heavy (non-hydrogen) atoms. The van der Waals surface area contributed by atoms with Crippen molar-refractivity contribution < 1.29 is 19.2 Å². The first-order valence-corrected chi connectivity index (χ1v) is 13.0. The smallest absolute Gasteiger partial charge is 0.303 e. The van der Waals surface area contributed by atoms with Crippen molar-refractivity contribution >= 4 is 28.8 Å². The minimum absolute atomic E-state index is 0.00575. The summed E-state index contributed by atoms with van der Waals surface area (Å²) in [6.07, 6.45) is 3.73. The maximum Gasteiger partial charge on any atom is 0.303 e. The number of unbranched alkanes of at least 4 members (excludes halogenated alkanes) is 1. The van der Waals surface area contributed by atoms with Crippen LogP contribution in [0.2, 0.25) is 0 Å². The molecule has 0 fully saturated rings. The van der Waals surface area contributed by atoms with Gasteiger partial charge >= 0.3 is 5.97 Å². The average molecular weight is 504 g/mol. The molecule has 8 heteroatoms. The molecule has 1 atom stereocenters. The van der Waals surface area contributed by atoms with Crippen LogP contribution in [0.3, 0.4) is 0 Å². The van der Waals surface area contributed by atoms with Crippen LogP contribution in [0.25, 0.3) is 22.2 Å². The zero-order chi connectivity index (χ0) is 25.3. The van der Waals surface area contributed by atoms with Crippen LogP contribution in [-0.4, -0.2) is 27.0 Å². The molecule has 0 amide bonds. The molecular weight excluding hydrogens is 474 g/mol. The summed E-state index contributed by atoms with van der Waals surface area (Å²) in [5, 5.41) is 18.5. The molecule has 0 radical (unpaired) electrons. The first-order valence-electron chi connectivity index (χ1n) is 12.1. The highest BCUT2D eigenvalue weighted by molar-refractivity contribution is 7.13. The Kier molecular flexibility index (Phi) is 8.62. The molecule has 1 unspecified atom stereocenters. The predicted octanol–water partition coefficient (Wildman–Crippen LogP) is 7.25. The Bertz CT molecular complexity index is 1270. The minimum Gasteiger partial charge on any atom is -0.481 e. The zero-order valence-corrected chi connectivity index (χ0v) is 21.0. The van der Waals surface area contributed by atoms with Crippen LogP contribution in [0.1, 0.15) is 67.4 Å². The number of carboxylic acids is 1. The molecule has 0 spiro atoms. The number of rotatable bonds is 13. The monoisotopic (exact) mass is 503 g/mol. The highest BCUT2D eigenvalue weighted by Crippen LogP contribution is 2.29. The number of hydrogen-bond acceptors (Lipinski definition) is 7. The van der Waals surface area contributed by atoms with E-state index in [1.54, 1.807) is 23.5 Å². The van der Waals surface area contributed by atoms with Gasteiger partial charge in [-0.1, -0.05) is 55.3 Å². The zero-order valence-electron chi connectivity index (χ0n) is 20.1. The SMILES string of the molecule is CCCCC(Nc1ccc(C(=O)CCCC(=O)O)cc1)c1ccc(-c2noc(-c3cccs3)n2)cc1. The number of aromatic nitrogens is 2. The molecule has 4 rings (SSSR count). The molecule has 0 aliphatic rings. The lowest BCUT2D eigenvalue weighted by atomic mass is 9.99. The molecule has 0 saturated heterocycles. The Morgan fingerprint density at radius 2 is 1.81 bits per heavy atom. The Balaban J connectivity index is 1.43. The molecule has 186 valence electrons. The fourth-order valence-corrected chi connectivity index (χ4v) is 4.58. The van der Waals surface area contributed by atoms with Gasteiger partial charge in [0.1, 0.15) is 0 Å². The van der Waals surface area contributed by atoms with E-state index in [-0.39, 0.29) is 24.7 Å². The van der Waals surface area contributed by atoms with Gasteiger partial charge in [0.05, 0.1) is 10.9 Å². The van der Waals surface area contributed by atoms with E-state index >= 15 is 0 Å². The van der Waals surface area contributed by atoms with Gasteiger partial charge in [-0.3, -0.25) is 9.59 Å². The number of nitrogens with zero attached hydrogens (tertiary/aromatic N) is 2. The summed E-state index contributed by atoms with van der Waals surface area (Å²) in [6, 6.07) is 19.6. The van der Waals surface area contributed by atoms with E-state index in [9.17, 15) is 9.59 Å². The first kappa shape index (κ1) is 25.3. The van der Waals surface area contributed by atoms with Gasteiger partial charge in [0.2, 0.25) is 5.82 Å². The van der Waals surface area contributed by atoms with Crippen LogP contribution in [0, 0.1) is 0 Å². The van der Waals surface area contributed by atoms with Gasteiger partial charge in [-0.05, 0) is 54.1 Å². The number of Topliss-reactive ketones (excluding diaryl/α,β-unsaturated/α-hetero) is 1. The van der Waals surface area contributed by atoms with E-state index in [1.165, 1.54) is 0 Å². The van der Waals surface area contributed by atoms with Gasteiger partial charge in [0, 0.05) is 29.7 Å². The van der Waals surface area contributed by atoms with E-state index in [1.807, 2.05) is 41.8 Å². The van der Waals surface area contributed by atoms with Crippen molar-refractivity contribution in [2.45, 2.75) is 51.5 Å². The maximum atomic E-state index is 12.3. The molecule has 2 aromatic carbocycles. The van der Waals surface area contributed by atoms with Crippen LogP contribution in [0.4, 0.5) is 5.69 Å². The lowest BCUT2D eigenvalue weighted by molar-refractivity contribution is -0.137. The molecule has 7 nitrogen and oxygen atoms in total. The van der Waals surface area contributed by atoms with Crippen molar-refractivity contribution in [3.8, 4) is 22.2 Å². The van der Waals surface area contributed by atoms with Crippen LogP contribution >= 0.6 is 11.3 Å². The van der Waals surface area contributed by atoms with Gasteiger partial charge < -0.3 is 14.9 Å². The van der Waals surface area contributed by atoms with E-state index in [0.29, 0.717) is 23.7 Å². The topological polar surface area (TPSA) is 105 Å². The number of carboxylic acid groups (broad SMARTS) is 1. The fourth-order valence-electron chi connectivity index (χ4n) is 3.93. The number of hydrogen-bond donors (Lipinski definition) is 2. The molecule has 0 bridgehead atoms. The van der Waals surface area contributed by atoms with E-state index in [2.05, 4.69) is 34.5 Å². The third-order valence-corrected chi connectivity index (χ3v) is 6.78. The number of carbonyl (C=O) groups excluding carboxylic acids is 1. The number of carbonyl (C=O) groups is 2. The number of ketones is 1. The normalized spacial score (nSPS) is 11.8. The summed E-state index contributed by atoms with van der Waals surface area (Å²) in [5.74, 6) is 0.167. The van der Waals surface area contributed by atoms with Crippen molar-refractivity contribution in [2.75, 3.05) is 5.32 Å². The third kappa shape index (κ3) is 6.66. The third-order valence-electron chi connectivity index (χ3n) is 5.92. The summed E-state index contributed by atoms with van der Waals surface area (Å²) in [7, 11) is 0. The second-order valence-electron chi connectivity index (χ2n) is 8.61. The van der Waals surface area contributed by atoms with Gasteiger partial charge in [0.25, 0.3) is 5.89 Å². The maximum absolute atomic E-state index is 12.3. The molecule has 0 aliphatic heterocycles. The van der Waals surface area contributed by atoms with Crippen molar-refractivity contribution in [1.82, 2.24) is 10.1 Å². The summed E-state index contributed by atoms with van der Waals surface area (Å²) >= 11 is 1.56. The average Bonchev–Trinajstić information content (AvgIpc) is 3.59. The summed E-state index contributed by atoms with van der Waals surface area (Å²) in [6.45, 7) is 2.17.